The number of carbonyl (C=O) groups is 1. The van der Waals surface area contributed by atoms with Gasteiger partial charge in [-0.25, -0.2) is 8.78 Å². The van der Waals surface area contributed by atoms with Gasteiger partial charge >= 0.3 is 0 Å². The number of halogens is 4. The first-order chi connectivity index (χ1) is 11.5. The highest BCUT2D eigenvalue weighted by Crippen LogP contribution is 2.68. The highest BCUT2D eigenvalue weighted by Gasteiger charge is 2.69. The minimum atomic E-state index is -2.53. The number of ketones is 1. The lowest BCUT2D eigenvalue weighted by Gasteiger charge is -2.51. The summed E-state index contributed by atoms with van der Waals surface area (Å²) in [4.78, 5) is 11.3. The molecule has 2 aliphatic carbocycles. The summed E-state index contributed by atoms with van der Waals surface area (Å²) in [5, 5.41) is 1.62. The van der Waals surface area contributed by atoms with Crippen molar-refractivity contribution in [3.05, 3.63) is 70.8 Å². The molecule has 2 nitrogen and oxygen atoms in total. The second kappa shape index (κ2) is 4.13. The Hall–Kier alpha value is -2.47. The first kappa shape index (κ1) is 13.9. The van der Waals surface area contributed by atoms with E-state index in [-0.39, 0.29) is 0 Å². The maximum Gasteiger partial charge on any atom is 0.255 e. The summed E-state index contributed by atoms with van der Waals surface area (Å²) in [6, 6.07) is 10.6. The second-order valence-electron chi connectivity index (χ2n) is 6.13. The van der Waals surface area contributed by atoms with E-state index >= 15 is 0 Å². The molecule has 0 radical (unpaired) electrons. The molecule has 120 valence electrons. The van der Waals surface area contributed by atoms with Crippen LogP contribution in [0.5, 0.6) is 0 Å². The summed E-state index contributed by atoms with van der Waals surface area (Å²) < 4.78 is 62.1. The fourth-order valence-electron chi connectivity index (χ4n) is 4.10. The summed E-state index contributed by atoms with van der Waals surface area (Å²) >= 11 is 0. The van der Waals surface area contributed by atoms with E-state index in [9.17, 15) is 22.4 Å². The van der Waals surface area contributed by atoms with E-state index in [2.05, 4.69) is 0 Å². The Morgan fingerprint density at radius 2 is 1.46 bits per heavy atom. The quantitative estimate of drug-likeness (QED) is 0.658. The van der Waals surface area contributed by atoms with Crippen molar-refractivity contribution in [1.29, 1.82) is 0 Å². The Balaban J connectivity index is 1.80. The highest BCUT2D eigenvalue weighted by molar-refractivity contribution is 6.08. The van der Waals surface area contributed by atoms with Gasteiger partial charge in [-0.05, 0) is 21.9 Å². The lowest BCUT2D eigenvalue weighted by molar-refractivity contribution is -0.206. The zero-order valence-corrected chi connectivity index (χ0v) is 11.9. The Labute approximate surface area is 133 Å². The van der Waals surface area contributed by atoms with Gasteiger partial charge in [-0.15, -0.1) is 0 Å². The number of fused-ring (bicyclic) bond motifs is 4. The third-order valence-electron chi connectivity index (χ3n) is 5.10. The van der Waals surface area contributed by atoms with Gasteiger partial charge in [-0.2, -0.15) is 8.78 Å². The highest BCUT2D eigenvalue weighted by atomic mass is 19.2. The van der Waals surface area contributed by atoms with Gasteiger partial charge in [0.05, 0.1) is 12.0 Å². The minimum absolute atomic E-state index is 0.555. The molecule has 2 aromatic rings. The van der Waals surface area contributed by atoms with Crippen LogP contribution >= 0.6 is 0 Å². The van der Waals surface area contributed by atoms with Crippen LogP contribution in [-0.4, -0.2) is 11.4 Å². The molecule has 1 heterocycles. The zero-order chi connectivity index (χ0) is 16.8. The molecule has 2 atom stereocenters. The maximum absolute atomic E-state index is 14.5. The van der Waals surface area contributed by atoms with Crippen molar-refractivity contribution in [3.63, 3.8) is 0 Å². The van der Waals surface area contributed by atoms with Crippen molar-refractivity contribution in [3.8, 4) is 0 Å². The molecular formula is C18H8F4O2. The van der Waals surface area contributed by atoms with Crippen LogP contribution in [0.4, 0.5) is 17.6 Å². The summed E-state index contributed by atoms with van der Waals surface area (Å²) in [6.07, 6.45) is -0.712. The fraction of sp³-hybridized carbons (Fsp3) is 0.167. The molecule has 1 aliphatic heterocycles. The molecule has 0 saturated carbocycles. The number of allylic oxidation sites excluding steroid dienone is 2. The van der Waals surface area contributed by atoms with Gasteiger partial charge in [-0.3, -0.25) is 4.79 Å². The Bertz CT molecular complexity index is 988. The third-order valence-corrected chi connectivity index (χ3v) is 5.10. The van der Waals surface area contributed by atoms with E-state index in [1.54, 1.807) is 24.3 Å². The zero-order valence-electron chi connectivity index (χ0n) is 11.9. The van der Waals surface area contributed by atoms with Crippen LogP contribution < -0.4 is 0 Å². The summed E-state index contributed by atoms with van der Waals surface area (Å²) in [7, 11) is 0. The monoisotopic (exact) mass is 332 g/mol. The van der Waals surface area contributed by atoms with Gasteiger partial charge < -0.3 is 4.74 Å². The van der Waals surface area contributed by atoms with Crippen LogP contribution in [0.3, 0.4) is 0 Å². The van der Waals surface area contributed by atoms with Crippen molar-refractivity contribution in [1.82, 2.24) is 0 Å². The molecule has 1 fully saturated rings. The molecule has 24 heavy (non-hydrogen) atoms. The number of ether oxygens (including phenoxy) is 1. The first-order valence-corrected chi connectivity index (χ1v) is 7.34. The van der Waals surface area contributed by atoms with Crippen molar-refractivity contribution < 1.29 is 27.1 Å². The van der Waals surface area contributed by atoms with E-state index in [4.69, 9.17) is 4.74 Å². The summed E-state index contributed by atoms with van der Waals surface area (Å²) in [6.45, 7) is 0. The largest absolute Gasteiger partial charge is 0.351 e. The van der Waals surface area contributed by atoms with Gasteiger partial charge in [0.2, 0.25) is 11.7 Å². The van der Waals surface area contributed by atoms with Gasteiger partial charge in [0.15, 0.2) is 17.3 Å². The van der Waals surface area contributed by atoms with E-state index in [0.717, 1.165) is 16.3 Å². The molecule has 0 unspecified atom stereocenters. The maximum atomic E-state index is 14.5. The standard InChI is InChI=1S/C18H8F4O2/c19-12-14(23)13(20)17(22)18(16(12)21)11-8-5-1-3-7-4-2-6-9(10(7)8)15(11)24-18/h1-6,11,15H/t11-,15+/m1/s1. The van der Waals surface area contributed by atoms with Crippen LogP contribution in [0.2, 0.25) is 0 Å². The number of Topliss-reactive ketones (excluding diaryl/α,β-unsaturated/α-hetero) is 1. The Morgan fingerprint density at radius 3 is 2.08 bits per heavy atom. The van der Waals surface area contributed by atoms with Crippen LogP contribution in [0.15, 0.2) is 59.7 Å². The smallest absolute Gasteiger partial charge is 0.255 e. The second-order valence-corrected chi connectivity index (χ2v) is 6.13. The minimum Gasteiger partial charge on any atom is -0.351 e. The molecule has 2 aromatic carbocycles. The molecule has 0 aromatic heterocycles. The van der Waals surface area contributed by atoms with Gasteiger partial charge in [0, 0.05) is 0 Å². The van der Waals surface area contributed by atoms with Crippen molar-refractivity contribution in [2.24, 2.45) is 0 Å². The summed E-state index contributed by atoms with van der Waals surface area (Å²) in [5.74, 6) is -10.1. The van der Waals surface area contributed by atoms with Crippen LogP contribution in [0.1, 0.15) is 23.1 Å². The first-order valence-electron chi connectivity index (χ1n) is 7.34. The number of carbonyl (C=O) groups excluding carboxylic acids is 1. The molecule has 0 amide bonds. The molecule has 0 N–H and O–H groups in total. The van der Waals surface area contributed by atoms with Gasteiger partial charge in [-0.1, -0.05) is 36.4 Å². The van der Waals surface area contributed by atoms with Crippen LogP contribution in [0, 0.1) is 0 Å². The predicted octanol–water partition coefficient (Wildman–Crippen LogP) is 4.63. The van der Waals surface area contributed by atoms with E-state index in [0.29, 0.717) is 5.56 Å². The number of benzene rings is 2. The summed E-state index contributed by atoms with van der Waals surface area (Å²) in [5.41, 5.74) is -1.25. The average molecular weight is 332 g/mol. The van der Waals surface area contributed by atoms with E-state index in [1.165, 1.54) is 0 Å². The van der Waals surface area contributed by atoms with E-state index in [1.807, 2.05) is 12.1 Å². The molecular weight excluding hydrogens is 324 g/mol. The predicted molar refractivity (Wildman–Crippen MR) is 76.7 cm³/mol. The van der Waals surface area contributed by atoms with Crippen LogP contribution in [0.25, 0.3) is 10.8 Å². The number of rotatable bonds is 0. The Kier molecular flexibility index (Phi) is 2.40. The normalized spacial score (nSPS) is 27.1. The fourth-order valence-corrected chi connectivity index (χ4v) is 4.10. The molecule has 6 heteroatoms. The Morgan fingerprint density at radius 1 is 0.875 bits per heavy atom. The lowest BCUT2D eigenvalue weighted by Crippen LogP contribution is -2.55. The number of hydrogen-bond acceptors (Lipinski definition) is 2. The van der Waals surface area contributed by atoms with Crippen molar-refractivity contribution in [2.45, 2.75) is 17.6 Å². The third kappa shape index (κ3) is 1.27. The topological polar surface area (TPSA) is 26.3 Å². The molecule has 5 rings (SSSR count). The average Bonchev–Trinajstić information content (AvgIpc) is 2.83. The van der Waals surface area contributed by atoms with Crippen LogP contribution in [-0.2, 0) is 9.53 Å². The SMILES string of the molecule is O=C1C(F)=C(F)C2(O[C@H]3c4cccc5cccc(c45)[C@H]32)C(F)=C1F. The molecule has 3 aliphatic rings. The van der Waals surface area contributed by atoms with Crippen molar-refractivity contribution >= 4 is 16.6 Å². The number of hydrogen-bond donors (Lipinski definition) is 0. The van der Waals surface area contributed by atoms with Gasteiger partial charge in [0.25, 0.3) is 5.78 Å². The molecule has 1 spiro atoms. The molecule has 1 saturated heterocycles. The van der Waals surface area contributed by atoms with E-state index < -0.39 is 46.7 Å². The molecule has 0 bridgehead atoms. The van der Waals surface area contributed by atoms with Crippen molar-refractivity contribution in [2.75, 3.05) is 0 Å². The lowest BCUT2D eigenvalue weighted by atomic mass is 9.71. The van der Waals surface area contributed by atoms with Gasteiger partial charge in [0.1, 0.15) is 0 Å².